The summed E-state index contributed by atoms with van der Waals surface area (Å²) in [5.41, 5.74) is 2.20. The summed E-state index contributed by atoms with van der Waals surface area (Å²) in [7, 11) is 0. The Bertz CT molecular complexity index is 915. The van der Waals surface area contributed by atoms with Crippen LogP contribution in [0.3, 0.4) is 0 Å². The lowest BCUT2D eigenvalue weighted by molar-refractivity contribution is -0.113. The number of aromatic nitrogens is 5. The standard InChI is InChI=1S/C17H17ClN6OS/c1-3-24-16(14-9-19-7-8-20-14)22-23-17(24)26-10-15(25)21-13-6-4-5-12(18)11(13)2/h4-9H,3,10H2,1-2H3,(H,21,25). The van der Waals surface area contributed by atoms with Crippen LogP contribution in [-0.4, -0.2) is 36.4 Å². The number of amides is 1. The second-order valence-electron chi connectivity index (χ2n) is 5.39. The number of benzene rings is 1. The molecule has 0 unspecified atom stereocenters. The van der Waals surface area contributed by atoms with Crippen LogP contribution in [0.1, 0.15) is 12.5 Å². The van der Waals surface area contributed by atoms with Crippen molar-refractivity contribution in [3.8, 4) is 11.5 Å². The van der Waals surface area contributed by atoms with Crippen molar-refractivity contribution in [1.29, 1.82) is 0 Å². The lowest BCUT2D eigenvalue weighted by Crippen LogP contribution is -2.15. The lowest BCUT2D eigenvalue weighted by atomic mass is 10.2. The number of rotatable bonds is 6. The van der Waals surface area contributed by atoms with Gasteiger partial charge in [-0.25, -0.2) is 4.98 Å². The number of carbonyl (C=O) groups excluding carboxylic acids is 1. The predicted octanol–water partition coefficient (Wildman–Crippen LogP) is 3.45. The van der Waals surface area contributed by atoms with Crippen molar-refractivity contribution < 1.29 is 4.79 Å². The Labute approximate surface area is 160 Å². The number of hydrogen-bond donors (Lipinski definition) is 1. The van der Waals surface area contributed by atoms with Crippen molar-refractivity contribution in [3.05, 3.63) is 47.4 Å². The summed E-state index contributed by atoms with van der Waals surface area (Å²) in [6, 6.07) is 5.42. The topological polar surface area (TPSA) is 85.6 Å². The number of anilines is 1. The summed E-state index contributed by atoms with van der Waals surface area (Å²) in [5, 5.41) is 12.5. The van der Waals surface area contributed by atoms with Gasteiger partial charge in [-0.15, -0.1) is 10.2 Å². The van der Waals surface area contributed by atoms with E-state index in [0.717, 1.165) is 5.56 Å². The van der Waals surface area contributed by atoms with E-state index in [9.17, 15) is 4.79 Å². The molecule has 134 valence electrons. The number of thioether (sulfide) groups is 1. The second-order valence-corrected chi connectivity index (χ2v) is 6.74. The van der Waals surface area contributed by atoms with E-state index in [0.29, 0.717) is 33.9 Å². The Balaban J connectivity index is 1.69. The van der Waals surface area contributed by atoms with Gasteiger partial charge in [0.25, 0.3) is 0 Å². The molecule has 2 heterocycles. The largest absolute Gasteiger partial charge is 0.325 e. The minimum atomic E-state index is -0.132. The summed E-state index contributed by atoms with van der Waals surface area (Å²) in [6.45, 7) is 4.52. The highest BCUT2D eigenvalue weighted by Gasteiger charge is 2.16. The van der Waals surface area contributed by atoms with Gasteiger partial charge in [-0.05, 0) is 31.5 Å². The van der Waals surface area contributed by atoms with E-state index >= 15 is 0 Å². The number of halogens is 1. The lowest BCUT2D eigenvalue weighted by Gasteiger charge is -2.10. The third-order valence-electron chi connectivity index (χ3n) is 3.70. The fourth-order valence-electron chi connectivity index (χ4n) is 2.34. The average molecular weight is 389 g/mol. The molecule has 3 rings (SSSR count). The molecule has 0 atom stereocenters. The molecule has 0 aliphatic rings. The Morgan fingerprint density at radius 1 is 1.31 bits per heavy atom. The van der Waals surface area contributed by atoms with Gasteiger partial charge in [0.2, 0.25) is 5.91 Å². The SMILES string of the molecule is CCn1c(SCC(=O)Nc2cccc(Cl)c2C)nnc1-c1cnccn1. The molecule has 3 aromatic rings. The summed E-state index contributed by atoms with van der Waals surface area (Å²) in [4.78, 5) is 20.6. The monoisotopic (exact) mass is 388 g/mol. The summed E-state index contributed by atoms with van der Waals surface area (Å²) in [6.07, 6.45) is 4.85. The van der Waals surface area contributed by atoms with Gasteiger partial charge in [-0.3, -0.25) is 9.78 Å². The van der Waals surface area contributed by atoms with Crippen LogP contribution in [0.25, 0.3) is 11.5 Å². The van der Waals surface area contributed by atoms with Crippen LogP contribution in [0.4, 0.5) is 5.69 Å². The van der Waals surface area contributed by atoms with Gasteiger partial charge in [0.15, 0.2) is 11.0 Å². The van der Waals surface area contributed by atoms with Crippen LogP contribution in [0.2, 0.25) is 5.02 Å². The van der Waals surface area contributed by atoms with Crippen LogP contribution in [-0.2, 0) is 11.3 Å². The van der Waals surface area contributed by atoms with E-state index in [-0.39, 0.29) is 11.7 Å². The Kier molecular flexibility index (Phi) is 5.85. The van der Waals surface area contributed by atoms with Gasteiger partial charge in [0, 0.05) is 29.6 Å². The van der Waals surface area contributed by atoms with Crippen molar-refractivity contribution >= 4 is 35.0 Å². The normalized spacial score (nSPS) is 10.7. The van der Waals surface area contributed by atoms with Crippen molar-refractivity contribution in [3.63, 3.8) is 0 Å². The molecule has 0 aliphatic heterocycles. The molecule has 26 heavy (non-hydrogen) atoms. The van der Waals surface area contributed by atoms with E-state index in [1.807, 2.05) is 24.5 Å². The maximum Gasteiger partial charge on any atom is 0.234 e. The maximum absolute atomic E-state index is 12.3. The molecular formula is C17H17ClN6OS. The molecule has 1 amide bonds. The Hall–Kier alpha value is -2.45. The molecule has 0 spiro atoms. The zero-order valence-corrected chi connectivity index (χ0v) is 15.9. The molecular weight excluding hydrogens is 372 g/mol. The number of nitrogens with one attached hydrogen (secondary N) is 1. The van der Waals surface area contributed by atoms with Crippen LogP contribution >= 0.6 is 23.4 Å². The van der Waals surface area contributed by atoms with Crippen LogP contribution < -0.4 is 5.32 Å². The van der Waals surface area contributed by atoms with Crippen molar-refractivity contribution in [2.75, 3.05) is 11.1 Å². The van der Waals surface area contributed by atoms with Crippen molar-refractivity contribution in [2.24, 2.45) is 0 Å². The van der Waals surface area contributed by atoms with E-state index in [1.165, 1.54) is 11.8 Å². The van der Waals surface area contributed by atoms with Crippen molar-refractivity contribution in [1.82, 2.24) is 24.7 Å². The first-order chi connectivity index (χ1) is 12.6. The van der Waals surface area contributed by atoms with E-state index < -0.39 is 0 Å². The van der Waals surface area contributed by atoms with E-state index in [4.69, 9.17) is 11.6 Å². The van der Waals surface area contributed by atoms with Crippen LogP contribution in [0, 0.1) is 6.92 Å². The fourth-order valence-corrected chi connectivity index (χ4v) is 3.32. The quantitative estimate of drug-likeness (QED) is 0.651. The number of nitrogens with zero attached hydrogens (tertiary/aromatic N) is 5. The molecule has 0 saturated carbocycles. The minimum absolute atomic E-state index is 0.132. The maximum atomic E-state index is 12.3. The first-order valence-corrected chi connectivity index (χ1v) is 9.34. The molecule has 0 radical (unpaired) electrons. The van der Waals surface area contributed by atoms with Gasteiger partial charge in [-0.1, -0.05) is 29.4 Å². The predicted molar refractivity (Wildman–Crippen MR) is 102 cm³/mol. The zero-order valence-electron chi connectivity index (χ0n) is 14.3. The second kappa shape index (κ2) is 8.29. The molecule has 1 aromatic carbocycles. The molecule has 0 saturated heterocycles. The highest BCUT2D eigenvalue weighted by molar-refractivity contribution is 7.99. The highest BCUT2D eigenvalue weighted by atomic mass is 35.5. The number of carbonyl (C=O) groups is 1. The van der Waals surface area contributed by atoms with Gasteiger partial charge in [0.05, 0.1) is 11.9 Å². The highest BCUT2D eigenvalue weighted by Crippen LogP contribution is 2.25. The third kappa shape index (κ3) is 4.03. The van der Waals surface area contributed by atoms with Gasteiger partial charge < -0.3 is 9.88 Å². The smallest absolute Gasteiger partial charge is 0.234 e. The minimum Gasteiger partial charge on any atom is -0.325 e. The molecule has 0 fully saturated rings. The summed E-state index contributed by atoms with van der Waals surface area (Å²) in [5.74, 6) is 0.714. The molecule has 0 aliphatic carbocycles. The molecule has 0 bridgehead atoms. The Morgan fingerprint density at radius 2 is 2.15 bits per heavy atom. The first kappa shape index (κ1) is 18.3. The third-order valence-corrected chi connectivity index (χ3v) is 5.08. The first-order valence-electron chi connectivity index (χ1n) is 7.97. The van der Waals surface area contributed by atoms with Gasteiger partial charge in [-0.2, -0.15) is 0 Å². The average Bonchev–Trinajstić information content (AvgIpc) is 3.07. The van der Waals surface area contributed by atoms with Crippen molar-refractivity contribution in [2.45, 2.75) is 25.5 Å². The molecule has 2 aromatic heterocycles. The van der Waals surface area contributed by atoms with Gasteiger partial charge in [0.1, 0.15) is 5.69 Å². The van der Waals surface area contributed by atoms with Gasteiger partial charge >= 0.3 is 0 Å². The Morgan fingerprint density at radius 3 is 2.88 bits per heavy atom. The fraction of sp³-hybridized carbons (Fsp3) is 0.235. The zero-order chi connectivity index (χ0) is 18.5. The van der Waals surface area contributed by atoms with E-state index in [1.54, 1.807) is 30.7 Å². The summed E-state index contributed by atoms with van der Waals surface area (Å²) >= 11 is 7.40. The van der Waals surface area contributed by atoms with E-state index in [2.05, 4.69) is 25.5 Å². The molecule has 1 N–H and O–H groups in total. The molecule has 9 heteroatoms. The molecule has 7 nitrogen and oxygen atoms in total. The summed E-state index contributed by atoms with van der Waals surface area (Å²) < 4.78 is 1.91. The van der Waals surface area contributed by atoms with Crippen LogP contribution in [0.5, 0.6) is 0 Å². The van der Waals surface area contributed by atoms with Crippen LogP contribution in [0.15, 0.2) is 41.9 Å². The number of hydrogen-bond acceptors (Lipinski definition) is 6.